The molecule has 0 aliphatic carbocycles. The molecule has 1 aromatic rings. The lowest BCUT2D eigenvalue weighted by molar-refractivity contribution is -0.122. The Morgan fingerprint density at radius 1 is 1.50 bits per heavy atom. The van der Waals surface area contributed by atoms with Gasteiger partial charge in [0.15, 0.2) is 0 Å². The zero-order valence-electron chi connectivity index (χ0n) is 10.9. The maximum atomic E-state index is 11.8. The van der Waals surface area contributed by atoms with Crippen molar-refractivity contribution in [1.82, 2.24) is 5.32 Å². The van der Waals surface area contributed by atoms with Crippen molar-refractivity contribution in [3.05, 3.63) is 34.9 Å². The zero-order valence-corrected chi connectivity index (χ0v) is 11.7. The molecule has 0 aromatic heterocycles. The molecule has 1 aromatic carbocycles. The van der Waals surface area contributed by atoms with E-state index in [2.05, 4.69) is 12.2 Å². The van der Waals surface area contributed by atoms with Gasteiger partial charge in [0.1, 0.15) is 0 Å². The first-order chi connectivity index (χ1) is 8.52. The van der Waals surface area contributed by atoms with Crippen molar-refractivity contribution >= 4 is 17.5 Å². The molecule has 1 amide bonds. The first kappa shape index (κ1) is 15.0. The van der Waals surface area contributed by atoms with Crippen LogP contribution < -0.4 is 11.1 Å². The Bertz CT molecular complexity index is 395. The lowest BCUT2D eigenvalue weighted by Gasteiger charge is -2.16. The lowest BCUT2D eigenvalue weighted by Crippen LogP contribution is -2.33. The minimum Gasteiger partial charge on any atom is -0.350 e. The molecule has 1 rings (SSSR count). The highest BCUT2D eigenvalue weighted by Crippen LogP contribution is 2.17. The highest BCUT2D eigenvalue weighted by molar-refractivity contribution is 6.30. The van der Waals surface area contributed by atoms with E-state index in [4.69, 9.17) is 17.3 Å². The van der Waals surface area contributed by atoms with Gasteiger partial charge in [0.25, 0.3) is 0 Å². The topological polar surface area (TPSA) is 55.1 Å². The maximum absolute atomic E-state index is 11.8. The van der Waals surface area contributed by atoms with Crippen LogP contribution in [-0.4, -0.2) is 11.9 Å². The second-order valence-corrected chi connectivity index (χ2v) is 5.03. The molecule has 100 valence electrons. The van der Waals surface area contributed by atoms with Crippen LogP contribution in [0.4, 0.5) is 0 Å². The molecule has 18 heavy (non-hydrogen) atoms. The molecule has 0 heterocycles. The van der Waals surface area contributed by atoms with Gasteiger partial charge in [-0.1, -0.05) is 37.1 Å². The smallest absolute Gasteiger partial charge is 0.222 e. The average Bonchev–Trinajstić information content (AvgIpc) is 2.28. The lowest BCUT2D eigenvalue weighted by atomic mass is 10.1. The van der Waals surface area contributed by atoms with E-state index in [-0.39, 0.29) is 18.0 Å². The number of carbonyl (C=O) groups is 1. The van der Waals surface area contributed by atoms with Gasteiger partial charge in [0.05, 0.1) is 6.04 Å². The van der Waals surface area contributed by atoms with E-state index in [0.29, 0.717) is 11.4 Å². The van der Waals surface area contributed by atoms with Crippen LogP contribution in [0.2, 0.25) is 5.02 Å². The molecule has 0 saturated heterocycles. The van der Waals surface area contributed by atoms with Crippen LogP contribution in [0, 0.1) is 0 Å². The Kier molecular flexibility index (Phi) is 6.16. The predicted octanol–water partition coefficient (Wildman–Crippen LogP) is 3.03. The Morgan fingerprint density at radius 2 is 2.22 bits per heavy atom. The van der Waals surface area contributed by atoms with Crippen molar-refractivity contribution < 1.29 is 4.79 Å². The fourth-order valence-corrected chi connectivity index (χ4v) is 2.07. The SMILES string of the molecule is CCCC(N)CC(=O)N[C@H](C)c1cccc(Cl)c1. The molecule has 0 bridgehead atoms. The number of nitrogens with two attached hydrogens (primary N) is 1. The van der Waals surface area contributed by atoms with Crippen LogP contribution in [-0.2, 0) is 4.79 Å². The summed E-state index contributed by atoms with van der Waals surface area (Å²) in [6.45, 7) is 4.00. The molecule has 0 radical (unpaired) electrons. The fourth-order valence-electron chi connectivity index (χ4n) is 1.87. The highest BCUT2D eigenvalue weighted by atomic mass is 35.5. The summed E-state index contributed by atoms with van der Waals surface area (Å²) in [5.74, 6) is -0.0107. The van der Waals surface area contributed by atoms with Crippen LogP contribution in [0.1, 0.15) is 44.7 Å². The Balaban J connectivity index is 2.49. The number of hydrogen-bond donors (Lipinski definition) is 2. The normalized spacial score (nSPS) is 14.0. The molecular weight excluding hydrogens is 248 g/mol. The van der Waals surface area contributed by atoms with Crippen molar-refractivity contribution in [3.8, 4) is 0 Å². The summed E-state index contributed by atoms with van der Waals surface area (Å²) in [5.41, 5.74) is 6.84. The Morgan fingerprint density at radius 3 is 2.83 bits per heavy atom. The van der Waals surface area contributed by atoms with E-state index < -0.39 is 0 Å². The Hall–Kier alpha value is -1.06. The van der Waals surface area contributed by atoms with E-state index in [1.54, 1.807) is 0 Å². The zero-order chi connectivity index (χ0) is 13.5. The van der Waals surface area contributed by atoms with Crippen molar-refractivity contribution in [1.29, 1.82) is 0 Å². The summed E-state index contributed by atoms with van der Waals surface area (Å²) in [4.78, 5) is 11.8. The molecule has 0 fully saturated rings. The van der Waals surface area contributed by atoms with Gasteiger partial charge >= 0.3 is 0 Å². The number of amides is 1. The van der Waals surface area contributed by atoms with Gasteiger partial charge in [-0.3, -0.25) is 4.79 Å². The third-order valence-corrected chi connectivity index (χ3v) is 3.07. The van der Waals surface area contributed by atoms with Crippen LogP contribution in [0.3, 0.4) is 0 Å². The summed E-state index contributed by atoms with van der Waals surface area (Å²) in [6.07, 6.45) is 2.25. The molecule has 3 nitrogen and oxygen atoms in total. The minimum atomic E-state index is -0.0541. The van der Waals surface area contributed by atoms with Crippen LogP contribution in [0.15, 0.2) is 24.3 Å². The summed E-state index contributed by atoms with van der Waals surface area (Å²) < 4.78 is 0. The summed E-state index contributed by atoms with van der Waals surface area (Å²) >= 11 is 5.92. The number of nitrogens with one attached hydrogen (secondary N) is 1. The van der Waals surface area contributed by atoms with Crippen LogP contribution >= 0.6 is 11.6 Å². The van der Waals surface area contributed by atoms with Gasteiger partial charge in [-0.05, 0) is 31.0 Å². The van der Waals surface area contributed by atoms with E-state index in [1.807, 2.05) is 31.2 Å². The predicted molar refractivity (Wildman–Crippen MR) is 75.5 cm³/mol. The summed E-state index contributed by atoms with van der Waals surface area (Å²) in [5, 5.41) is 3.61. The number of hydrogen-bond acceptors (Lipinski definition) is 2. The molecule has 0 aliphatic rings. The maximum Gasteiger partial charge on any atom is 0.222 e. The van der Waals surface area contributed by atoms with Crippen LogP contribution in [0.25, 0.3) is 0 Å². The fraction of sp³-hybridized carbons (Fsp3) is 0.500. The van der Waals surface area contributed by atoms with Crippen molar-refractivity contribution in [2.75, 3.05) is 0 Å². The molecule has 3 N–H and O–H groups in total. The Labute approximate surface area is 114 Å². The van der Waals surface area contributed by atoms with Gasteiger partial charge in [0.2, 0.25) is 5.91 Å². The van der Waals surface area contributed by atoms with E-state index >= 15 is 0 Å². The number of halogens is 1. The van der Waals surface area contributed by atoms with Crippen molar-refractivity contribution in [2.24, 2.45) is 5.73 Å². The second kappa shape index (κ2) is 7.39. The molecule has 0 spiro atoms. The molecule has 0 saturated carbocycles. The second-order valence-electron chi connectivity index (χ2n) is 4.60. The van der Waals surface area contributed by atoms with Gasteiger partial charge in [0, 0.05) is 17.5 Å². The number of benzene rings is 1. The quantitative estimate of drug-likeness (QED) is 0.833. The highest BCUT2D eigenvalue weighted by Gasteiger charge is 2.12. The van der Waals surface area contributed by atoms with Gasteiger partial charge in [-0.2, -0.15) is 0 Å². The molecule has 4 heteroatoms. The van der Waals surface area contributed by atoms with E-state index in [9.17, 15) is 4.79 Å². The number of rotatable bonds is 6. The molecule has 0 aliphatic heterocycles. The third kappa shape index (κ3) is 5.07. The minimum absolute atomic E-state index is 0.0107. The molecular formula is C14H21ClN2O. The van der Waals surface area contributed by atoms with Gasteiger partial charge in [-0.15, -0.1) is 0 Å². The summed E-state index contributed by atoms with van der Waals surface area (Å²) in [6, 6.07) is 7.40. The first-order valence-electron chi connectivity index (χ1n) is 6.33. The van der Waals surface area contributed by atoms with Crippen LogP contribution in [0.5, 0.6) is 0 Å². The van der Waals surface area contributed by atoms with E-state index in [0.717, 1.165) is 18.4 Å². The summed E-state index contributed by atoms with van der Waals surface area (Å²) in [7, 11) is 0. The average molecular weight is 269 g/mol. The van der Waals surface area contributed by atoms with Crippen molar-refractivity contribution in [2.45, 2.75) is 45.2 Å². The largest absolute Gasteiger partial charge is 0.350 e. The van der Waals surface area contributed by atoms with Gasteiger partial charge < -0.3 is 11.1 Å². The monoisotopic (exact) mass is 268 g/mol. The standard InChI is InChI=1S/C14H21ClN2O/c1-3-5-13(16)9-14(18)17-10(2)11-6-4-7-12(15)8-11/h4,6-8,10,13H,3,5,9,16H2,1-2H3,(H,17,18)/t10-,13?/m1/s1. The number of carbonyl (C=O) groups excluding carboxylic acids is 1. The van der Waals surface area contributed by atoms with Gasteiger partial charge in [-0.25, -0.2) is 0 Å². The van der Waals surface area contributed by atoms with Crippen molar-refractivity contribution in [3.63, 3.8) is 0 Å². The first-order valence-corrected chi connectivity index (χ1v) is 6.71. The third-order valence-electron chi connectivity index (χ3n) is 2.83. The molecule has 1 unspecified atom stereocenters. The van der Waals surface area contributed by atoms with E-state index in [1.165, 1.54) is 0 Å². The molecule has 2 atom stereocenters.